The van der Waals surface area contributed by atoms with Crippen molar-refractivity contribution in [2.45, 2.75) is 169 Å². The molecule has 0 nitrogen and oxygen atoms in total. The van der Waals surface area contributed by atoms with Gasteiger partial charge >= 0.3 is 239 Å². The van der Waals surface area contributed by atoms with E-state index in [0.29, 0.717) is 0 Å². The summed E-state index contributed by atoms with van der Waals surface area (Å²) in [6.07, 6.45) is 33.2. The normalized spacial score (nSPS) is 17.9. The summed E-state index contributed by atoms with van der Waals surface area (Å²) in [6, 6.07) is 0. The second kappa shape index (κ2) is 18.8. The van der Waals surface area contributed by atoms with E-state index in [4.69, 9.17) is 0 Å². The summed E-state index contributed by atoms with van der Waals surface area (Å²) in [5.74, 6) is 1.75. The van der Waals surface area contributed by atoms with Crippen molar-refractivity contribution in [1.82, 2.24) is 0 Å². The zero-order chi connectivity index (χ0) is 26.9. The SMILES string of the molecule is CCCCC=C=C/C(B(C1CCCCC1)C1CCCCC1)=[C](/C=C=C(CCCC)CCCC)[Sn]([CH3])([CH3])[CH3]. The van der Waals surface area contributed by atoms with Gasteiger partial charge in [0.15, 0.2) is 0 Å². The Morgan fingerprint density at radius 3 is 1.70 bits per heavy atom. The van der Waals surface area contributed by atoms with Crippen LogP contribution < -0.4 is 0 Å². The van der Waals surface area contributed by atoms with E-state index >= 15 is 0 Å². The fourth-order valence-corrected chi connectivity index (χ4v) is 11.3. The number of hydrogen-bond acceptors (Lipinski definition) is 0. The molecule has 208 valence electrons. The summed E-state index contributed by atoms with van der Waals surface area (Å²) < 4.78 is 1.75. The average Bonchev–Trinajstić information content (AvgIpc) is 2.90. The van der Waals surface area contributed by atoms with Crippen molar-refractivity contribution in [2.75, 3.05) is 0 Å². The first-order chi connectivity index (χ1) is 17.9. The molecule has 0 amide bonds. The molecule has 2 aliphatic rings. The fourth-order valence-electron chi connectivity index (χ4n) is 6.73. The summed E-state index contributed by atoms with van der Waals surface area (Å²) in [5, 5.41) is 0. The summed E-state index contributed by atoms with van der Waals surface area (Å²) in [7, 11) is 0. The van der Waals surface area contributed by atoms with Crippen LogP contribution in [-0.2, 0) is 0 Å². The van der Waals surface area contributed by atoms with Crippen molar-refractivity contribution in [3.05, 3.63) is 44.3 Å². The van der Waals surface area contributed by atoms with Crippen molar-refractivity contribution < 1.29 is 0 Å². The molecule has 0 heterocycles. The molecule has 2 aliphatic carbocycles. The molecule has 0 spiro atoms. The molecule has 0 aromatic heterocycles. The Balaban J connectivity index is 2.69. The van der Waals surface area contributed by atoms with Crippen molar-refractivity contribution >= 4 is 25.1 Å². The Bertz CT molecular complexity index is 758. The molecule has 2 rings (SSSR count). The molecular weight excluding hydrogens is 550 g/mol. The Hall–Kier alpha value is -0.356. The maximum absolute atomic E-state index is 3.98. The second-order valence-corrected chi connectivity index (χ2v) is 27.6. The molecule has 0 unspecified atom stereocenters. The van der Waals surface area contributed by atoms with Gasteiger partial charge in [-0.25, -0.2) is 0 Å². The summed E-state index contributed by atoms with van der Waals surface area (Å²) in [5.41, 5.74) is 11.0. The van der Waals surface area contributed by atoms with E-state index in [1.165, 1.54) is 122 Å². The van der Waals surface area contributed by atoms with E-state index in [9.17, 15) is 0 Å². The van der Waals surface area contributed by atoms with Crippen LogP contribution in [0.1, 0.15) is 143 Å². The Morgan fingerprint density at radius 1 is 0.730 bits per heavy atom. The predicted molar refractivity (Wildman–Crippen MR) is 173 cm³/mol. The van der Waals surface area contributed by atoms with Gasteiger partial charge in [-0.05, 0) is 0 Å². The zero-order valence-corrected chi connectivity index (χ0v) is 28.8. The van der Waals surface area contributed by atoms with E-state index < -0.39 is 18.4 Å². The van der Waals surface area contributed by atoms with Gasteiger partial charge in [-0.15, -0.1) is 0 Å². The molecule has 0 aromatic carbocycles. The molecule has 0 aromatic rings. The molecule has 0 bridgehead atoms. The van der Waals surface area contributed by atoms with E-state index in [-0.39, 0.29) is 0 Å². The van der Waals surface area contributed by atoms with Crippen LogP contribution in [0.2, 0.25) is 26.5 Å². The van der Waals surface area contributed by atoms with Crippen LogP contribution in [-0.4, -0.2) is 25.1 Å². The predicted octanol–water partition coefficient (Wildman–Crippen LogP) is 12.2. The third kappa shape index (κ3) is 12.1. The Morgan fingerprint density at radius 2 is 1.24 bits per heavy atom. The maximum atomic E-state index is 3.98. The monoisotopic (exact) mass is 612 g/mol. The van der Waals surface area contributed by atoms with Crippen molar-refractivity contribution in [3.63, 3.8) is 0 Å². The first kappa shape index (κ1) is 32.9. The van der Waals surface area contributed by atoms with E-state index in [2.05, 4.69) is 65.3 Å². The van der Waals surface area contributed by atoms with Crippen molar-refractivity contribution in [2.24, 2.45) is 0 Å². The fraction of sp³-hybridized carbons (Fsp3) is 0.771. The summed E-state index contributed by atoms with van der Waals surface area (Å²) in [4.78, 5) is 7.94. The van der Waals surface area contributed by atoms with Gasteiger partial charge < -0.3 is 0 Å². The Kier molecular flexibility index (Phi) is 16.7. The molecule has 2 fully saturated rings. The zero-order valence-electron chi connectivity index (χ0n) is 25.9. The minimum atomic E-state index is -2.44. The van der Waals surface area contributed by atoms with Gasteiger partial charge in [-0.1, -0.05) is 0 Å². The van der Waals surface area contributed by atoms with E-state index in [0.717, 1.165) is 18.3 Å². The van der Waals surface area contributed by atoms with Gasteiger partial charge in [0.1, 0.15) is 0 Å². The van der Waals surface area contributed by atoms with Gasteiger partial charge in [-0.3, -0.25) is 0 Å². The summed E-state index contributed by atoms with van der Waals surface area (Å²) in [6.45, 7) is 7.69. The standard InChI is InChI=1S/C32H52B.3CH3.Sn/c1-4-7-10-11-14-23-32(28-19-22-29(20-8-5-2)21-9-6-3)33(30-24-15-12-16-25-30)31-26-17-13-18-27-31;;;;/h11,19,23,30-31H,4-10,12-13,15-18,20-21,24-27H2,1-3H3;3*1H3;. The molecule has 2 heteroatoms. The van der Waals surface area contributed by atoms with Crippen molar-refractivity contribution in [3.8, 4) is 0 Å². The number of unbranched alkanes of at least 4 members (excludes halogenated alkanes) is 4. The van der Waals surface area contributed by atoms with E-state index in [1.54, 1.807) is 14.6 Å². The molecule has 0 aliphatic heterocycles. The van der Waals surface area contributed by atoms with Crippen LogP contribution in [0.3, 0.4) is 0 Å². The Labute approximate surface area is 237 Å². The molecule has 0 radical (unpaired) electrons. The average molecular weight is 611 g/mol. The third-order valence-corrected chi connectivity index (χ3v) is 14.8. The third-order valence-electron chi connectivity index (χ3n) is 8.94. The van der Waals surface area contributed by atoms with Gasteiger partial charge in [0.05, 0.1) is 0 Å². The number of rotatable bonds is 15. The minimum absolute atomic E-state index is 0.742. The van der Waals surface area contributed by atoms with Gasteiger partial charge in [-0.2, -0.15) is 0 Å². The van der Waals surface area contributed by atoms with Crippen LogP contribution >= 0.6 is 0 Å². The van der Waals surface area contributed by atoms with Crippen LogP contribution in [0, 0.1) is 0 Å². The molecule has 0 N–H and O–H groups in total. The van der Waals surface area contributed by atoms with Crippen LogP contribution in [0.4, 0.5) is 0 Å². The van der Waals surface area contributed by atoms with Gasteiger partial charge in [0, 0.05) is 0 Å². The first-order valence-electron chi connectivity index (χ1n) is 16.5. The molecule has 2 saturated carbocycles. The number of hydrogen-bond donors (Lipinski definition) is 0. The molecule has 0 atom stereocenters. The van der Waals surface area contributed by atoms with Crippen LogP contribution in [0.25, 0.3) is 0 Å². The van der Waals surface area contributed by atoms with Gasteiger partial charge in [0.2, 0.25) is 0 Å². The van der Waals surface area contributed by atoms with Gasteiger partial charge in [0.25, 0.3) is 0 Å². The molecule has 0 saturated heterocycles. The van der Waals surface area contributed by atoms with E-state index in [1.807, 2.05) is 0 Å². The summed E-state index contributed by atoms with van der Waals surface area (Å²) >= 11 is -2.44. The first-order valence-corrected chi connectivity index (χ1v) is 26.5. The molecule has 37 heavy (non-hydrogen) atoms. The second-order valence-electron chi connectivity index (χ2n) is 13.2. The topological polar surface area (TPSA) is 0 Å². The quantitative estimate of drug-likeness (QED) is 0.0748. The van der Waals surface area contributed by atoms with Crippen LogP contribution in [0.5, 0.6) is 0 Å². The molecular formula is C35H61BSn. The number of allylic oxidation sites excluding steroid dienone is 4. The van der Waals surface area contributed by atoms with Crippen LogP contribution in [0.15, 0.2) is 44.3 Å². The van der Waals surface area contributed by atoms with Crippen molar-refractivity contribution in [1.29, 1.82) is 0 Å².